The second-order valence-corrected chi connectivity index (χ2v) is 6.58. The average molecular weight is 351 g/mol. The quantitative estimate of drug-likeness (QED) is 0.914. The van der Waals surface area contributed by atoms with E-state index in [9.17, 15) is 9.90 Å². The molecule has 2 aromatic rings. The smallest absolute Gasteiger partial charge is 0.272 e. The second-order valence-electron chi connectivity index (χ2n) is 6.58. The fourth-order valence-corrected chi connectivity index (χ4v) is 3.45. The number of aliphatic hydroxyl groups is 1. The molecule has 2 heterocycles. The number of aromatic nitrogens is 1. The highest BCUT2D eigenvalue weighted by Crippen LogP contribution is 2.36. The maximum Gasteiger partial charge on any atom is 0.272 e. The Balaban J connectivity index is 1.85. The highest BCUT2D eigenvalue weighted by molar-refractivity contribution is 5.92. The Kier molecular flexibility index (Phi) is 4.92. The lowest BCUT2D eigenvalue weighted by Crippen LogP contribution is -2.48. The number of carbonyl (C=O) groups excluding carboxylic acids is 1. The minimum Gasteiger partial charge on any atom is -0.497 e. The molecule has 1 amide bonds. The Hall–Kier alpha value is -2.91. The molecule has 1 aliphatic rings. The van der Waals surface area contributed by atoms with Gasteiger partial charge in [0, 0.05) is 12.7 Å². The third kappa shape index (κ3) is 3.26. The molecule has 0 aliphatic carbocycles. The number of pyridine rings is 1. The molecule has 134 valence electrons. The summed E-state index contributed by atoms with van der Waals surface area (Å²) in [5, 5.41) is 20.1. The standard InChI is InChI=1S/C20H21N3O3/c1-20(25,15-6-8-16(26-2)9-7-15)18-4-3-11-23(18)19(24)17-10-5-14(12-21)13-22-17/h5-10,13,18,25H,3-4,11H2,1-2H3/t18-,20+/m1/s1. The van der Waals surface area contributed by atoms with Gasteiger partial charge >= 0.3 is 0 Å². The topological polar surface area (TPSA) is 86.5 Å². The molecule has 1 aromatic carbocycles. The Labute approximate surface area is 152 Å². The van der Waals surface area contributed by atoms with Crippen molar-refractivity contribution in [2.45, 2.75) is 31.4 Å². The Morgan fingerprint density at radius 3 is 2.65 bits per heavy atom. The lowest BCUT2D eigenvalue weighted by atomic mass is 9.86. The molecule has 0 unspecified atom stereocenters. The number of benzene rings is 1. The number of nitriles is 1. The van der Waals surface area contributed by atoms with Gasteiger partial charge in [-0.25, -0.2) is 4.98 Å². The molecule has 1 fully saturated rings. The van der Waals surface area contributed by atoms with Gasteiger partial charge in [0.25, 0.3) is 5.91 Å². The van der Waals surface area contributed by atoms with Gasteiger partial charge < -0.3 is 14.7 Å². The lowest BCUT2D eigenvalue weighted by Gasteiger charge is -2.37. The van der Waals surface area contributed by atoms with Gasteiger partial charge in [-0.1, -0.05) is 12.1 Å². The third-order valence-electron chi connectivity index (χ3n) is 4.95. The van der Waals surface area contributed by atoms with E-state index in [0.29, 0.717) is 24.3 Å². The molecule has 0 bridgehead atoms. The predicted octanol–water partition coefficient (Wildman–Crippen LogP) is 2.47. The number of ether oxygens (including phenoxy) is 1. The maximum atomic E-state index is 12.9. The largest absolute Gasteiger partial charge is 0.497 e. The molecule has 1 N–H and O–H groups in total. The van der Waals surface area contributed by atoms with Gasteiger partial charge in [-0.05, 0) is 49.6 Å². The molecule has 0 spiro atoms. The summed E-state index contributed by atoms with van der Waals surface area (Å²) >= 11 is 0. The summed E-state index contributed by atoms with van der Waals surface area (Å²) < 4.78 is 5.17. The van der Waals surface area contributed by atoms with E-state index < -0.39 is 5.60 Å². The predicted molar refractivity (Wildman–Crippen MR) is 95.6 cm³/mol. The van der Waals surface area contributed by atoms with Crippen molar-refractivity contribution in [3.05, 3.63) is 59.4 Å². The number of amides is 1. The van der Waals surface area contributed by atoms with Crippen molar-refractivity contribution in [2.75, 3.05) is 13.7 Å². The molecular weight excluding hydrogens is 330 g/mol. The highest BCUT2D eigenvalue weighted by Gasteiger charge is 2.43. The number of rotatable bonds is 4. The van der Waals surface area contributed by atoms with E-state index in [1.807, 2.05) is 18.2 Å². The van der Waals surface area contributed by atoms with Crippen LogP contribution in [0.2, 0.25) is 0 Å². The van der Waals surface area contributed by atoms with E-state index in [4.69, 9.17) is 10.00 Å². The third-order valence-corrected chi connectivity index (χ3v) is 4.95. The molecule has 2 atom stereocenters. The number of carbonyl (C=O) groups is 1. The van der Waals surface area contributed by atoms with Crippen molar-refractivity contribution in [3.63, 3.8) is 0 Å². The van der Waals surface area contributed by atoms with Crippen molar-refractivity contribution >= 4 is 5.91 Å². The SMILES string of the molecule is COc1ccc([C@](C)(O)[C@H]2CCCN2C(=O)c2ccc(C#N)cn2)cc1. The van der Waals surface area contributed by atoms with Crippen LogP contribution in [0.5, 0.6) is 5.75 Å². The summed E-state index contributed by atoms with van der Waals surface area (Å²) in [4.78, 5) is 18.7. The Bertz CT molecular complexity index is 823. The first-order valence-electron chi connectivity index (χ1n) is 8.51. The molecule has 6 heteroatoms. The second kappa shape index (κ2) is 7.14. The summed E-state index contributed by atoms with van der Waals surface area (Å²) in [7, 11) is 1.59. The van der Waals surface area contributed by atoms with Crippen LogP contribution in [0.4, 0.5) is 0 Å². The number of hydrogen-bond acceptors (Lipinski definition) is 5. The maximum absolute atomic E-state index is 12.9. The van der Waals surface area contributed by atoms with Crippen molar-refractivity contribution in [3.8, 4) is 11.8 Å². The summed E-state index contributed by atoms with van der Waals surface area (Å²) in [6.07, 6.45) is 2.92. The fraction of sp³-hybridized carbons (Fsp3) is 0.350. The van der Waals surface area contributed by atoms with Crippen molar-refractivity contribution in [1.29, 1.82) is 5.26 Å². The van der Waals surface area contributed by atoms with Crippen LogP contribution >= 0.6 is 0 Å². The minimum atomic E-state index is -1.19. The molecular formula is C20H21N3O3. The number of nitrogens with zero attached hydrogens (tertiary/aromatic N) is 3. The number of methoxy groups -OCH3 is 1. The van der Waals surface area contributed by atoms with Crippen LogP contribution in [0.15, 0.2) is 42.6 Å². The van der Waals surface area contributed by atoms with Crippen LogP contribution in [0.1, 0.15) is 41.4 Å². The Morgan fingerprint density at radius 1 is 1.35 bits per heavy atom. The van der Waals surface area contributed by atoms with E-state index in [0.717, 1.165) is 12.0 Å². The van der Waals surface area contributed by atoms with Crippen LogP contribution in [0.25, 0.3) is 0 Å². The molecule has 1 aliphatic heterocycles. The number of hydrogen-bond donors (Lipinski definition) is 1. The van der Waals surface area contributed by atoms with Gasteiger partial charge in [0.05, 0.1) is 18.7 Å². The van der Waals surface area contributed by atoms with Crippen LogP contribution in [0, 0.1) is 11.3 Å². The zero-order valence-corrected chi connectivity index (χ0v) is 14.8. The number of likely N-dealkylation sites (tertiary alicyclic amines) is 1. The van der Waals surface area contributed by atoms with Gasteiger partial charge in [0.1, 0.15) is 23.1 Å². The minimum absolute atomic E-state index is 0.231. The summed E-state index contributed by atoms with van der Waals surface area (Å²) in [5.41, 5.74) is 0.229. The monoisotopic (exact) mass is 351 g/mol. The summed E-state index contributed by atoms with van der Waals surface area (Å²) in [6, 6.07) is 12.0. The zero-order valence-electron chi connectivity index (χ0n) is 14.8. The Morgan fingerprint density at radius 2 is 2.08 bits per heavy atom. The molecule has 6 nitrogen and oxygen atoms in total. The van der Waals surface area contributed by atoms with Crippen molar-refractivity contribution < 1.29 is 14.6 Å². The van der Waals surface area contributed by atoms with Gasteiger partial charge in [-0.15, -0.1) is 0 Å². The van der Waals surface area contributed by atoms with E-state index in [2.05, 4.69) is 4.98 Å². The summed E-state index contributed by atoms with van der Waals surface area (Å²) in [6.45, 7) is 2.30. The first-order valence-corrected chi connectivity index (χ1v) is 8.51. The van der Waals surface area contributed by atoms with E-state index >= 15 is 0 Å². The van der Waals surface area contributed by atoms with Gasteiger partial charge in [-0.2, -0.15) is 5.26 Å². The molecule has 0 radical (unpaired) electrons. The lowest BCUT2D eigenvalue weighted by molar-refractivity contribution is -0.0179. The van der Waals surface area contributed by atoms with E-state index in [-0.39, 0.29) is 17.6 Å². The van der Waals surface area contributed by atoms with Crippen LogP contribution in [-0.4, -0.2) is 40.6 Å². The van der Waals surface area contributed by atoms with Crippen molar-refractivity contribution in [2.24, 2.45) is 0 Å². The zero-order chi connectivity index (χ0) is 18.7. The summed E-state index contributed by atoms with van der Waals surface area (Å²) in [5.74, 6) is 0.483. The normalized spacial score (nSPS) is 18.8. The van der Waals surface area contributed by atoms with Crippen LogP contribution < -0.4 is 4.74 Å². The molecule has 0 saturated carbocycles. The molecule has 26 heavy (non-hydrogen) atoms. The van der Waals surface area contributed by atoms with Crippen LogP contribution in [0.3, 0.4) is 0 Å². The highest BCUT2D eigenvalue weighted by atomic mass is 16.5. The van der Waals surface area contributed by atoms with E-state index in [1.54, 1.807) is 43.2 Å². The van der Waals surface area contributed by atoms with Gasteiger partial charge in [0.2, 0.25) is 0 Å². The van der Waals surface area contributed by atoms with Crippen LogP contribution in [-0.2, 0) is 5.60 Å². The first kappa shape index (κ1) is 17.9. The molecule has 3 rings (SSSR count). The average Bonchev–Trinajstić information content (AvgIpc) is 3.18. The first-order chi connectivity index (χ1) is 12.5. The molecule has 1 aromatic heterocycles. The van der Waals surface area contributed by atoms with E-state index in [1.165, 1.54) is 6.20 Å². The van der Waals surface area contributed by atoms with Gasteiger partial charge in [-0.3, -0.25) is 4.79 Å². The molecule has 1 saturated heterocycles. The fourth-order valence-electron chi connectivity index (χ4n) is 3.45. The van der Waals surface area contributed by atoms with Crippen molar-refractivity contribution in [1.82, 2.24) is 9.88 Å². The van der Waals surface area contributed by atoms with Gasteiger partial charge in [0.15, 0.2) is 0 Å².